The number of hydrogen-bond acceptors (Lipinski definition) is 4. The van der Waals surface area contributed by atoms with E-state index in [0.29, 0.717) is 18.4 Å². The molecule has 134 valence electrons. The Morgan fingerprint density at radius 2 is 1.50 bits per heavy atom. The number of likely N-dealkylation sites (tertiary alicyclic amines) is 1. The molecule has 0 saturated carbocycles. The van der Waals surface area contributed by atoms with Gasteiger partial charge >= 0.3 is 0 Å². The van der Waals surface area contributed by atoms with Gasteiger partial charge in [-0.3, -0.25) is 4.79 Å². The molecule has 1 aromatic rings. The van der Waals surface area contributed by atoms with Gasteiger partial charge in [-0.1, -0.05) is 18.2 Å². The Bertz CT molecular complexity index is 467. The normalized spacial score (nSPS) is 19.5. The number of amides is 1. The fourth-order valence-electron chi connectivity index (χ4n) is 3.15. The summed E-state index contributed by atoms with van der Waals surface area (Å²) < 4.78 is 0. The molecule has 3 N–H and O–H groups in total. The number of rotatable bonds is 3. The van der Waals surface area contributed by atoms with Gasteiger partial charge in [0.2, 0.25) is 0 Å². The van der Waals surface area contributed by atoms with Gasteiger partial charge < -0.3 is 20.4 Å². The number of benzene rings is 1. The van der Waals surface area contributed by atoms with Gasteiger partial charge in [-0.15, -0.1) is 0 Å². The van der Waals surface area contributed by atoms with Crippen LogP contribution in [0.15, 0.2) is 30.3 Å². The van der Waals surface area contributed by atoms with E-state index in [4.69, 9.17) is 10.2 Å². The molecule has 1 aromatic carbocycles. The largest absolute Gasteiger partial charge is 0.396 e. The summed E-state index contributed by atoms with van der Waals surface area (Å²) in [6, 6.07) is 9.37. The smallest absolute Gasteiger partial charge is 0.253 e. The highest BCUT2D eigenvalue weighted by molar-refractivity contribution is 5.94. The minimum Gasteiger partial charge on any atom is -0.396 e. The Kier molecular flexibility index (Phi) is 8.22. The first kappa shape index (κ1) is 18.9. The summed E-state index contributed by atoms with van der Waals surface area (Å²) in [5, 5.41) is 20.9. The summed E-state index contributed by atoms with van der Waals surface area (Å²) in [6.07, 6.45) is 4.12. The lowest BCUT2D eigenvalue weighted by atomic mass is 9.97. The summed E-state index contributed by atoms with van der Waals surface area (Å²) in [5.41, 5.74) is 0.755. The van der Waals surface area contributed by atoms with Crippen molar-refractivity contribution in [3.63, 3.8) is 0 Å². The molecule has 2 heterocycles. The predicted octanol–water partition coefficient (Wildman–Crippen LogP) is 1.51. The highest BCUT2D eigenvalue weighted by Crippen LogP contribution is 2.18. The zero-order chi connectivity index (χ0) is 17.2. The highest BCUT2D eigenvalue weighted by Gasteiger charge is 2.22. The molecule has 5 heteroatoms. The summed E-state index contributed by atoms with van der Waals surface area (Å²) in [4.78, 5) is 13.9. The number of carbonyl (C=O) groups excluding carboxylic acids is 1. The van der Waals surface area contributed by atoms with Crippen molar-refractivity contribution in [2.24, 2.45) is 11.8 Å². The monoisotopic (exact) mass is 334 g/mol. The van der Waals surface area contributed by atoms with Crippen LogP contribution in [0.1, 0.15) is 36.0 Å². The number of aliphatic hydroxyl groups excluding tert-OH is 2. The van der Waals surface area contributed by atoms with Gasteiger partial charge in [0.05, 0.1) is 0 Å². The zero-order valence-corrected chi connectivity index (χ0v) is 14.4. The van der Waals surface area contributed by atoms with Crippen molar-refractivity contribution in [2.75, 3.05) is 39.4 Å². The second-order valence-electron chi connectivity index (χ2n) is 6.66. The van der Waals surface area contributed by atoms with E-state index < -0.39 is 0 Å². The van der Waals surface area contributed by atoms with Gasteiger partial charge in [0, 0.05) is 31.9 Å². The van der Waals surface area contributed by atoms with E-state index in [0.717, 1.165) is 57.4 Å². The first-order valence-corrected chi connectivity index (χ1v) is 9.01. The van der Waals surface area contributed by atoms with Gasteiger partial charge in [-0.2, -0.15) is 0 Å². The van der Waals surface area contributed by atoms with Crippen LogP contribution in [0.4, 0.5) is 0 Å². The molecule has 2 aliphatic heterocycles. The maximum absolute atomic E-state index is 12.1. The molecular weight excluding hydrogens is 304 g/mol. The molecule has 2 saturated heterocycles. The molecule has 0 aliphatic carbocycles. The molecule has 0 unspecified atom stereocenters. The number of piperidine rings is 2. The van der Waals surface area contributed by atoms with Crippen LogP contribution in [0.2, 0.25) is 0 Å². The molecule has 0 aromatic heterocycles. The Morgan fingerprint density at radius 3 is 2.00 bits per heavy atom. The first-order valence-electron chi connectivity index (χ1n) is 9.01. The van der Waals surface area contributed by atoms with Crippen molar-refractivity contribution in [3.05, 3.63) is 35.9 Å². The maximum atomic E-state index is 12.1. The molecule has 3 rings (SSSR count). The topological polar surface area (TPSA) is 72.8 Å². The second-order valence-corrected chi connectivity index (χ2v) is 6.66. The van der Waals surface area contributed by atoms with Crippen molar-refractivity contribution in [2.45, 2.75) is 25.7 Å². The number of nitrogens with zero attached hydrogens (tertiary/aromatic N) is 1. The minimum absolute atomic E-state index is 0.108. The van der Waals surface area contributed by atoms with E-state index in [1.165, 1.54) is 0 Å². The number of carbonyl (C=O) groups is 1. The maximum Gasteiger partial charge on any atom is 0.253 e. The van der Waals surface area contributed by atoms with E-state index in [1.807, 2.05) is 35.2 Å². The SMILES string of the molecule is O=C(c1ccccc1)N1CCC(CO)CC1.OCC1CCNCC1. The molecular formula is C19H30N2O3. The van der Waals surface area contributed by atoms with E-state index in [1.54, 1.807) is 0 Å². The number of nitrogens with one attached hydrogen (secondary N) is 1. The first-order chi connectivity index (χ1) is 11.7. The minimum atomic E-state index is 0.108. The third kappa shape index (κ3) is 5.89. The third-order valence-corrected chi connectivity index (χ3v) is 4.90. The van der Waals surface area contributed by atoms with Crippen LogP contribution in [0.3, 0.4) is 0 Å². The Labute approximate surface area is 144 Å². The standard InChI is InChI=1S/C13H17NO2.C6H13NO/c15-10-11-6-8-14(9-7-11)13(16)12-4-2-1-3-5-12;8-5-6-1-3-7-4-2-6/h1-5,11,15H,6-10H2;6-8H,1-5H2. The Hall–Kier alpha value is -1.43. The molecule has 0 radical (unpaired) electrons. The van der Waals surface area contributed by atoms with Crippen molar-refractivity contribution >= 4 is 5.91 Å². The van der Waals surface area contributed by atoms with Crippen LogP contribution in [-0.4, -0.2) is 60.4 Å². The van der Waals surface area contributed by atoms with Crippen molar-refractivity contribution in [1.82, 2.24) is 10.2 Å². The van der Waals surface area contributed by atoms with Crippen molar-refractivity contribution < 1.29 is 15.0 Å². The predicted molar refractivity (Wildman–Crippen MR) is 94.8 cm³/mol. The molecule has 0 bridgehead atoms. The van der Waals surface area contributed by atoms with Crippen molar-refractivity contribution in [1.29, 1.82) is 0 Å². The number of hydrogen-bond donors (Lipinski definition) is 3. The van der Waals surface area contributed by atoms with Crippen LogP contribution in [0.25, 0.3) is 0 Å². The average Bonchev–Trinajstić information content (AvgIpc) is 2.69. The lowest BCUT2D eigenvalue weighted by molar-refractivity contribution is 0.0651. The van der Waals surface area contributed by atoms with Crippen LogP contribution in [0, 0.1) is 11.8 Å². The van der Waals surface area contributed by atoms with Gasteiger partial charge in [-0.05, 0) is 62.7 Å². The lowest BCUT2D eigenvalue weighted by Crippen LogP contribution is -2.39. The molecule has 24 heavy (non-hydrogen) atoms. The van der Waals surface area contributed by atoms with Gasteiger partial charge in [0.25, 0.3) is 5.91 Å². The summed E-state index contributed by atoms with van der Waals surface area (Å²) >= 11 is 0. The van der Waals surface area contributed by atoms with Crippen LogP contribution < -0.4 is 5.32 Å². The molecule has 2 aliphatic rings. The van der Waals surface area contributed by atoms with Crippen LogP contribution in [0.5, 0.6) is 0 Å². The Balaban J connectivity index is 0.000000219. The van der Waals surface area contributed by atoms with Gasteiger partial charge in [0.15, 0.2) is 0 Å². The van der Waals surface area contributed by atoms with E-state index in [9.17, 15) is 4.79 Å². The fourth-order valence-corrected chi connectivity index (χ4v) is 3.15. The average molecular weight is 334 g/mol. The van der Waals surface area contributed by atoms with Gasteiger partial charge in [0.1, 0.15) is 0 Å². The number of aliphatic hydroxyl groups is 2. The molecule has 0 spiro atoms. The quantitative estimate of drug-likeness (QED) is 0.783. The van der Waals surface area contributed by atoms with Crippen molar-refractivity contribution in [3.8, 4) is 0 Å². The Morgan fingerprint density at radius 1 is 0.958 bits per heavy atom. The fraction of sp³-hybridized carbons (Fsp3) is 0.632. The summed E-state index contributed by atoms with van der Waals surface area (Å²) in [6.45, 7) is 4.32. The van der Waals surface area contributed by atoms with Crippen LogP contribution >= 0.6 is 0 Å². The van der Waals surface area contributed by atoms with E-state index in [2.05, 4.69) is 5.32 Å². The second kappa shape index (κ2) is 10.4. The zero-order valence-electron chi connectivity index (χ0n) is 14.4. The lowest BCUT2D eigenvalue weighted by Gasteiger charge is -2.31. The molecule has 1 amide bonds. The molecule has 2 fully saturated rings. The van der Waals surface area contributed by atoms with E-state index in [-0.39, 0.29) is 12.5 Å². The molecule has 5 nitrogen and oxygen atoms in total. The molecule has 0 atom stereocenters. The third-order valence-electron chi connectivity index (χ3n) is 4.90. The van der Waals surface area contributed by atoms with E-state index >= 15 is 0 Å². The van der Waals surface area contributed by atoms with Gasteiger partial charge in [-0.25, -0.2) is 0 Å². The van der Waals surface area contributed by atoms with Crippen LogP contribution in [-0.2, 0) is 0 Å². The summed E-state index contributed by atoms with van der Waals surface area (Å²) in [7, 11) is 0. The highest BCUT2D eigenvalue weighted by atomic mass is 16.3. The summed E-state index contributed by atoms with van der Waals surface area (Å²) in [5.74, 6) is 1.06.